The number of ether oxygens (including phenoxy) is 1. The maximum Gasteiger partial charge on any atom is 0.256 e. The largest absolute Gasteiger partial charge is 0.398 e. The van der Waals surface area contributed by atoms with Crippen LogP contribution in [0.3, 0.4) is 0 Å². The Bertz CT molecular complexity index is 545. The monoisotopic (exact) mass is 291 g/mol. The Labute approximate surface area is 124 Å². The van der Waals surface area contributed by atoms with Crippen molar-refractivity contribution in [3.63, 3.8) is 0 Å². The van der Waals surface area contributed by atoms with Gasteiger partial charge in [-0.3, -0.25) is 9.59 Å². The minimum atomic E-state index is -0.605. The van der Waals surface area contributed by atoms with E-state index in [1.807, 2.05) is 19.9 Å². The Morgan fingerprint density at radius 2 is 2.24 bits per heavy atom. The molecule has 21 heavy (non-hydrogen) atoms. The number of rotatable bonds is 3. The Morgan fingerprint density at radius 1 is 1.48 bits per heavy atom. The first-order chi connectivity index (χ1) is 10.1. The Balaban J connectivity index is 2.26. The molecule has 114 valence electrons. The van der Waals surface area contributed by atoms with Crippen molar-refractivity contribution in [3.05, 3.63) is 29.3 Å². The van der Waals surface area contributed by atoms with Gasteiger partial charge in [-0.2, -0.15) is 0 Å². The van der Waals surface area contributed by atoms with Crippen molar-refractivity contribution < 1.29 is 14.3 Å². The lowest BCUT2D eigenvalue weighted by Gasteiger charge is -2.34. The third-order valence-electron chi connectivity index (χ3n) is 3.60. The number of aryl methyl sites for hydroxylation is 1. The summed E-state index contributed by atoms with van der Waals surface area (Å²) in [4.78, 5) is 26.3. The van der Waals surface area contributed by atoms with E-state index >= 15 is 0 Å². The van der Waals surface area contributed by atoms with Crippen LogP contribution in [0.4, 0.5) is 5.69 Å². The fraction of sp³-hybridized carbons (Fsp3) is 0.467. The highest BCUT2D eigenvalue weighted by Crippen LogP contribution is 2.20. The van der Waals surface area contributed by atoms with Crippen molar-refractivity contribution in [2.45, 2.75) is 19.9 Å². The third kappa shape index (κ3) is 3.16. The molecule has 0 saturated carbocycles. The first kappa shape index (κ1) is 15.3. The smallest absolute Gasteiger partial charge is 0.256 e. The summed E-state index contributed by atoms with van der Waals surface area (Å²) in [6, 6.07) is 4.73. The number of carbonyl (C=O) groups excluding carboxylic acids is 2. The topological polar surface area (TPSA) is 84.7 Å². The maximum absolute atomic E-state index is 12.7. The minimum Gasteiger partial charge on any atom is -0.398 e. The molecular formula is C15H21N3O3. The summed E-state index contributed by atoms with van der Waals surface area (Å²) in [6.07, 6.45) is 0. The molecule has 1 fully saturated rings. The zero-order chi connectivity index (χ0) is 15.4. The molecule has 0 aliphatic carbocycles. The van der Waals surface area contributed by atoms with Crippen LogP contribution in [-0.2, 0) is 9.53 Å². The van der Waals surface area contributed by atoms with E-state index in [0.29, 0.717) is 30.9 Å². The summed E-state index contributed by atoms with van der Waals surface area (Å²) in [7, 11) is 0. The molecule has 1 aliphatic rings. The summed E-state index contributed by atoms with van der Waals surface area (Å²) in [5, 5.41) is 2.73. The molecule has 1 aliphatic heterocycles. The number of morpholine rings is 1. The van der Waals surface area contributed by atoms with Crippen molar-refractivity contribution >= 4 is 17.5 Å². The molecule has 2 amide bonds. The summed E-state index contributed by atoms with van der Waals surface area (Å²) in [6.45, 7) is 5.23. The van der Waals surface area contributed by atoms with Gasteiger partial charge in [-0.25, -0.2) is 0 Å². The Kier molecular flexibility index (Phi) is 4.80. The second-order valence-corrected chi connectivity index (χ2v) is 5.02. The van der Waals surface area contributed by atoms with Gasteiger partial charge in [0.1, 0.15) is 6.04 Å². The lowest BCUT2D eigenvalue weighted by Crippen LogP contribution is -2.56. The molecule has 1 heterocycles. The van der Waals surface area contributed by atoms with E-state index in [-0.39, 0.29) is 18.4 Å². The van der Waals surface area contributed by atoms with Crippen LogP contribution >= 0.6 is 0 Å². The first-order valence-electron chi connectivity index (χ1n) is 7.07. The van der Waals surface area contributed by atoms with E-state index in [9.17, 15) is 9.59 Å². The van der Waals surface area contributed by atoms with Crippen LogP contribution < -0.4 is 11.1 Å². The minimum absolute atomic E-state index is 0.197. The normalized spacial score (nSPS) is 18.4. The molecule has 1 aromatic rings. The lowest BCUT2D eigenvalue weighted by molar-refractivity contribution is -0.130. The number of anilines is 1. The first-order valence-corrected chi connectivity index (χ1v) is 7.07. The van der Waals surface area contributed by atoms with Crippen LogP contribution in [0.15, 0.2) is 18.2 Å². The number of likely N-dealkylation sites (N-methyl/N-ethyl adjacent to an activating group) is 1. The van der Waals surface area contributed by atoms with Gasteiger partial charge in [-0.05, 0) is 25.5 Å². The predicted molar refractivity (Wildman–Crippen MR) is 79.9 cm³/mol. The van der Waals surface area contributed by atoms with E-state index in [0.717, 1.165) is 5.56 Å². The van der Waals surface area contributed by atoms with Crippen molar-refractivity contribution in [3.8, 4) is 0 Å². The van der Waals surface area contributed by atoms with Gasteiger partial charge >= 0.3 is 0 Å². The zero-order valence-corrected chi connectivity index (χ0v) is 12.4. The van der Waals surface area contributed by atoms with Crippen LogP contribution in [0.5, 0.6) is 0 Å². The predicted octanol–water partition coefficient (Wildman–Crippen LogP) is 0.554. The van der Waals surface area contributed by atoms with E-state index < -0.39 is 6.04 Å². The van der Waals surface area contributed by atoms with Crippen LogP contribution in [0.1, 0.15) is 22.8 Å². The lowest BCUT2D eigenvalue weighted by atomic mass is 10.1. The van der Waals surface area contributed by atoms with Gasteiger partial charge in [0, 0.05) is 18.8 Å². The second-order valence-electron chi connectivity index (χ2n) is 5.02. The van der Waals surface area contributed by atoms with Gasteiger partial charge in [0.15, 0.2) is 0 Å². The highest BCUT2D eigenvalue weighted by Gasteiger charge is 2.33. The molecule has 6 heteroatoms. The molecule has 2 rings (SSSR count). The molecule has 0 spiro atoms. The van der Waals surface area contributed by atoms with Gasteiger partial charge < -0.3 is 20.7 Å². The van der Waals surface area contributed by atoms with Crippen LogP contribution in [-0.4, -0.2) is 49.1 Å². The second kappa shape index (κ2) is 6.58. The van der Waals surface area contributed by atoms with Crippen molar-refractivity contribution in [2.75, 3.05) is 32.0 Å². The number of para-hydroxylation sites is 1. The average molecular weight is 291 g/mol. The molecule has 0 aromatic heterocycles. The summed E-state index contributed by atoms with van der Waals surface area (Å²) < 4.78 is 5.33. The highest BCUT2D eigenvalue weighted by molar-refractivity contribution is 6.02. The number of hydrogen-bond donors (Lipinski definition) is 2. The van der Waals surface area contributed by atoms with Crippen molar-refractivity contribution in [2.24, 2.45) is 0 Å². The average Bonchev–Trinajstić information content (AvgIpc) is 2.49. The Hall–Kier alpha value is -2.08. The number of nitrogens with two attached hydrogens (primary N) is 1. The number of hydrogen-bond acceptors (Lipinski definition) is 4. The van der Waals surface area contributed by atoms with Crippen molar-refractivity contribution in [1.29, 1.82) is 0 Å². The summed E-state index contributed by atoms with van der Waals surface area (Å²) >= 11 is 0. The third-order valence-corrected chi connectivity index (χ3v) is 3.60. The molecule has 0 radical (unpaired) electrons. The van der Waals surface area contributed by atoms with Gasteiger partial charge in [0.25, 0.3) is 5.91 Å². The Morgan fingerprint density at radius 3 is 2.95 bits per heavy atom. The molecule has 1 atom stereocenters. The molecule has 1 saturated heterocycles. The molecule has 0 bridgehead atoms. The fourth-order valence-corrected chi connectivity index (χ4v) is 2.38. The molecular weight excluding hydrogens is 270 g/mol. The SMILES string of the molecule is CCNC(=O)C1COCCN1C(=O)c1cccc(C)c1N. The van der Waals surface area contributed by atoms with Gasteiger partial charge in [-0.1, -0.05) is 12.1 Å². The molecule has 1 unspecified atom stereocenters. The van der Waals surface area contributed by atoms with E-state index in [1.165, 1.54) is 0 Å². The van der Waals surface area contributed by atoms with Crippen LogP contribution in [0.2, 0.25) is 0 Å². The van der Waals surface area contributed by atoms with Gasteiger partial charge in [0.2, 0.25) is 5.91 Å². The molecule has 3 N–H and O–H groups in total. The van der Waals surface area contributed by atoms with Crippen molar-refractivity contribution in [1.82, 2.24) is 10.2 Å². The molecule has 6 nitrogen and oxygen atoms in total. The van der Waals surface area contributed by atoms with Crippen LogP contribution in [0.25, 0.3) is 0 Å². The van der Waals surface area contributed by atoms with Gasteiger partial charge in [0.05, 0.1) is 18.8 Å². The maximum atomic E-state index is 12.7. The summed E-state index contributed by atoms with van der Waals surface area (Å²) in [5.41, 5.74) is 7.74. The quantitative estimate of drug-likeness (QED) is 0.797. The van der Waals surface area contributed by atoms with E-state index in [4.69, 9.17) is 10.5 Å². The highest BCUT2D eigenvalue weighted by atomic mass is 16.5. The molecule has 1 aromatic carbocycles. The number of amides is 2. The number of nitrogens with one attached hydrogen (secondary N) is 1. The number of carbonyl (C=O) groups is 2. The number of benzene rings is 1. The number of nitrogens with zero attached hydrogens (tertiary/aromatic N) is 1. The number of nitrogen functional groups attached to an aromatic ring is 1. The zero-order valence-electron chi connectivity index (χ0n) is 12.4. The van der Waals surface area contributed by atoms with Gasteiger partial charge in [-0.15, -0.1) is 0 Å². The standard InChI is InChI=1S/C15H21N3O3/c1-3-17-14(19)12-9-21-8-7-18(12)15(20)11-6-4-5-10(2)13(11)16/h4-6,12H,3,7-9,16H2,1-2H3,(H,17,19). The van der Waals surface area contributed by atoms with E-state index in [2.05, 4.69) is 5.32 Å². The summed E-state index contributed by atoms with van der Waals surface area (Å²) in [5.74, 6) is -0.424. The fourth-order valence-electron chi connectivity index (χ4n) is 2.38. The van der Waals surface area contributed by atoms with Crippen LogP contribution in [0, 0.1) is 6.92 Å². The van der Waals surface area contributed by atoms with E-state index in [1.54, 1.807) is 17.0 Å².